The molecule has 0 saturated carbocycles. The molecule has 0 atom stereocenters. The first-order chi connectivity index (χ1) is 14.8. The summed E-state index contributed by atoms with van der Waals surface area (Å²) in [5, 5.41) is 3.97. The van der Waals surface area contributed by atoms with Crippen LogP contribution in [0.4, 0.5) is 17.6 Å². The van der Waals surface area contributed by atoms with Gasteiger partial charge in [0.05, 0.1) is 12.1 Å². The number of aryl methyl sites for hydroxylation is 1. The molecule has 10 heteroatoms. The first-order valence-corrected chi connectivity index (χ1v) is 9.56. The summed E-state index contributed by atoms with van der Waals surface area (Å²) < 4.78 is 59.1. The number of alkyl halides is 3. The molecule has 0 fully saturated rings. The number of rotatable bonds is 5. The molecule has 162 valence electrons. The largest absolute Gasteiger partial charge is 0.457 e. The van der Waals surface area contributed by atoms with Crippen molar-refractivity contribution in [1.29, 1.82) is 0 Å². The van der Waals surface area contributed by atoms with Crippen LogP contribution in [-0.4, -0.2) is 32.1 Å². The highest BCUT2D eigenvalue weighted by molar-refractivity contribution is 5.76. The smallest absolute Gasteiger partial charge is 0.419 e. The highest BCUT2D eigenvalue weighted by Gasteiger charge is 2.34. The van der Waals surface area contributed by atoms with Crippen molar-refractivity contribution in [2.45, 2.75) is 32.1 Å². The Kier molecular flexibility index (Phi) is 5.62. The van der Waals surface area contributed by atoms with Crippen LogP contribution < -0.4 is 4.74 Å². The van der Waals surface area contributed by atoms with Crippen molar-refractivity contribution in [2.24, 2.45) is 0 Å². The topological polar surface area (TPSA) is 60.2 Å². The number of halogens is 4. The van der Waals surface area contributed by atoms with Crippen molar-refractivity contribution >= 4 is 5.91 Å². The standard InChI is InChI=1S/C21H18F4N4O2/c22-19-10-17(3-4-18(19)21(23,24)25)31-16-2-1-14-5-7-28(11-15(14)9-16)20(30)6-8-29-13-26-12-27-29/h1-4,9-10,12-13H,5-8,11H2. The normalized spacial score (nSPS) is 13.7. The van der Waals surface area contributed by atoms with E-state index in [0.29, 0.717) is 50.4 Å². The number of hydrogen-bond acceptors (Lipinski definition) is 4. The summed E-state index contributed by atoms with van der Waals surface area (Å²) in [5.41, 5.74) is 0.599. The molecule has 31 heavy (non-hydrogen) atoms. The highest BCUT2D eigenvalue weighted by Crippen LogP contribution is 2.34. The number of carbonyl (C=O) groups is 1. The zero-order valence-electron chi connectivity index (χ0n) is 16.3. The summed E-state index contributed by atoms with van der Waals surface area (Å²) >= 11 is 0. The minimum atomic E-state index is -4.77. The Morgan fingerprint density at radius 2 is 1.87 bits per heavy atom. The van der Waals surface area contributed by atoms with Crippen LogP contribution in [0, 0.1) is 5.82 Å². The Morgan fingerprint density at radius 1 is 1.10 bits per heavy atom. The van der Waals surface area contributed by atoms with Gasteiger partial charge in [0.1, 0.15) is 30.0 Å². The zero-order chi connectivity index (χ0) is 22.0. The Balaban J connectivity index is 1.43. The summed E-state index contributed by atoms with van der Waals surface area (Å²) in [6.45, 7) is 1.42. The van der Waals surface area contributed by atoms with Crippen LogP contribution in [0.3, 0.4) is 0 Å². The predicted molar refractivity (Wildman–Crippen MR) is 102 cm³/mol. The maximum atomic E-state index is 13.8. The van der Waals surface area contributed by atoms with Crippen LogP contribution >= 0.6 is 0 Å². The van der Waals surface area contributed by atoms with Crippen molar-refractivity contribution in [3.8, 4) is 11.5 Å². The van der Waals surface area contributed by atoms with Gasteiger partial charge < -0.3 is 9.64 Å². The van der Waals surface area contributed by atoms with Crippen molar-refractivity contribution < 1.29 is 27.1 Å². The molecule has 2 heterocycles. The molecular formula is C21H18F4N4O2. The molecule has 0 spiro atoms. The SMILES string of the molecule is O=C(CCn1cncn1)N1CCc2ccc(Oc3ccc(C(F)(F)F)c(F)c3)cc2C1. The van der Waals surface area contributed by atoms with E-state index in [9.17, 15) is 22.4 Å². The number of aromatic nitrogens is 3. The molecule has 0 saturated heterocycles. The second-order valence-electron chi connectivity index (χ2n) is 7.15. The van der Waals surface area contributed by atoms with E-state index >= 15 is 0 Å². The maximum absolute atomic E-state index is 13.8. The number of hydrogen-bond donors (Lipinski definition) is 0. The molecule has 2 aromatic carbocycles. The van der Waals surface area contributed by atoms with E-state index in [4.69, 9.17) is 4.74 Å². The van der Waals surface area contributed by atoms with Crippen molar-refractivity contribution in [2.75, 3.05) is 6.54 Å². The summed E-state index contributed by atoms with van der Waals surface area (Å²) in [7, 11) is 0. The molecular weight excluding hydrogens is 416 g/mol. The molecule has 1 aliphatic rings. The quantitative estimate of drug-likeness (QED) is 0.565. The van der Waals surface area contributed by atoms with Crippen LogP contribution in [-0.2, 0) is 30.5 Å². The highest BCUT2D eigenvalue weighted by atomic mass is 19.4. The Bertz CT molecular complexity index is 1080. The minimum absolute atomic E-state index is 0.0164. The number of amides is 1. The van der Waals surface area contributed by atoms with Gasteiger partial charge in [0.15, 0.2) is 0 Å². The van der Waals surface area contributed by atoms with E-state index in [1.807, 2.05) is 6.07 Å². The second-order valence-corrected chi connectivity index (χ2v) is 7.15. The van der Waals surface area contributed by atoms with Crippen LogP contribution in [0.5, 0.6) is 11.5 Å². The number of fused-ring (bicyclic) bond motifs is 1. The second kappa shape index (κ2) is 8.37. The lowest BCUT2D eigenvalue weighted by Crippen LogP contribution is -2.36. The lowest BCUT2D eigenvalue weighted by Gasteiger charge is -2.29. The zero-order valence-corrected chi connectivity index (χ0v) is 16.3. The lowest BCUT2D eigenvalue weighted by atomic mass is 9.99. The predicted octanol–water partition coefficient (Wildman–Crippen LogP) is 4.20. The van der Waals surface area contributed by atoms with Gasteiger partial charge >= 0.3 is 6.18 Å². The summed E-state index contributed by atoms with van der Waals surface area (Å²) in [6, 6.07) is 7.69. The van der Waals surface area contributed by atoms with Gasteiger partial charge in [-0.2, -0.15) is 18.3 Å². The van der Waals surface area contributed by atoms with Crippen LogP contribution in [0.25, 0.3) is 0 Å². The van der Waals surface area contributed by atoms with Crippen LogP contribution in [0.15, 0.2) is 49.1 Å². The number of nitrogens with zero attached hydrogens (tertiary/aromatic N) is 4. The molecule has 4 rings (SSSR count). The fourth-order valence-corrected chi connectivity index (χ4v) is 3.45. The third-order valence-corrected chi connectivity index (χ3v) is 5.05. The molecule has 3 aromatic rings. The molecule has 0 bridgehead atoms. The number of benzene rings is 2. The summed E-state index contributed by atoms with van der Waals surface area (Å²) in [6.07, 6.45) is -0.837. The van der Waals surface area contributed by atoms with Gasteiger partial charge in [-0.1, -0.05) is 6.07 Å². The summed E-state index contributed by atoms with van der Waals surface area (Å²) in [4.78, 5) is 18.1. The molecule has 1 aliphatic heterocycles. The van der Waals surface area contributed by atoms with Crippen LogP contribution in [0.1, 0.15) is 23.1 Å². The van der Waals surface area contributed by atoms with E-state index in [-0.39, 0.29) is 11.7 Å². The number of carbonyl (C=O) groups excluding carboxylic acids is 1. The third-order valence-electron chi connectivity index (χ3n) is 5.05. The van der Waals surface area contributed by atoms with Gasteiger partial charge in [0, 0.05) is 25.6 Å². The third kappa shape index (κ3) is 4.84. The average molecular weight is 434 g/mol. The minimum Gasteiger partial charge on any atom is -0.457 e. The molecule has 0 radical (unpaired) electrons. The van der Waals surface area contributed by atoms with Gasteiger partial charge in [-0.15, -0.1) is 0 Å². The van der Waals surface area contributed by atoms with E-state index in [0.717, 1.165) is 17.2 Å². The van der Waals surface area contributed by atoms with Crippen molar-refractivity contribution in [3.63, 3.8) is 0 Å². The molecule has 6 nitrogen and oxygen atoms in total. The Hall–Kier alpha value is -3.43. The van der Waals surface area contributed by atoms with Gasteiger partial charge in [0.2, 0.25) is 5.91 Å². The molecule has 1 amide bonds. The lowest BCUT2D eigenvalue weighted by molar-refractivity contribution is -0.140. The van der Waals surface area contributed by atoms with Gasteiger partial charge in [-0.05, 0) is 41.8 Å². The van der Waals surface area contributed by atoms with Gasteiger partial charge in [0.25, 0.3) is 0 Å². The van der Waals surface area contributed by atoms with Crippen molar-refractivity contribution in [1.82, 2.24) is 19.7 Å². The van der Waals surface area contributed by atoms with Crippen molar-refractivity contribution in [3.05, 3.63) is 71.6 Å². The fraction of sp³-hybridized carbons (Fsp3) is 0.286. The van der Waals surface area contributed by atoms with E-state index in [1.165, 1.54) is 6.33 Å². The average Bonchev–Trinajstić information content (AvgIpc) is 3.24. The summed E-state index contributed by atoms with van der Waals surface area (Å²) in [5.74, 6) is -1.10. The van der Waals surface area contributed by atoms with E-state index in [1.54, 1.807) is 28.0 Å². The Labute approximate surface area is 175 Å². The fourth-order valence-electron chi connectivity index (χ4n) is 3.45. The van der Waals surface area contributed by atoms with E-state index in [2.05, 4.69) is 10.1 Å². The van der Waals surface area contributed by atoms with E-state index < -0.39 is 17.6 Å². The van der Waals surface area contributed by atoms with Gasteiger partial charge in [-0.25, -0.2) is 9.37 Å². The first kappa shape index (κ1) is 20.8. The molecule has 0 N–H and O–H groups in total. The molecule has 0 unspecified atom stereocenters. The number of ether oxygens (including phenoxy) is 1. The van der Waals surface area contributed by atoms with Crippen LogP contribution in [0.2, 0.25) is 0 Å². The van der Waals surface area contributed by atoms with Gasteiger partial charge in [-0.3, -0.25) is 9.48 Å². The molecule has 0 aliphatic carbocycles. The maximum Gasteiger partial charge on any atom is 0.419 e. The first-order valence-electron chi connectivity index (χ1n) is 9.56. The Morgan fingerprint density at radius 3 is 2.58 bits per heavy atom. The molecule has 1 aromatic heterocycles. The monoisotopic (exact) mass is 434 g/mol.